The molecule has 1 heterocycles. The van der Waals surface area contributed by atoms with Crippen molar-refractivity contribution in [1.82, 2.24) is 9.78 Å². The van der Waals surface area contributed by atoms with Gasteiger partial charge in [-0.25, -0.2) is 0 Å². The Labute approximate surface area is 114 Å². The zero-order valence-corrected chi connectivity index (χ0v) is 11.8. The van der Waals surface area contributed by atoms with Crippen LogP contribution >= 0.6 is 27.5 Å². The van der Waals surface area contributed by atoms with Gasteiger partial charge in [-0.2, -0.15) is 5.10 Å². The van der Waals surface area contributed by atoms with E-state index in [-0.39, 0.29) is 0 Å². The van der Waals surface area contributed by atoms with E-state index in [0.717, 1.165) is 28.1 Å². The zero-order chi connectivity index (χ0) is 12.3. The first kappa shape index (κ1) is 12.5. The van der Waals surface area contributed by atoms with Gasteiger partial charge in [-0.1, -0.05) is 11.6 Å². The van der Waals surface area contributed by atoms with E-state index < -0.39 is 0 Å². The van der Waals surface area contributed by atoms with Crippen molar-refractivity contribution in [3.05, 3.63) is 45.7 Å². The van der Waals surface area contributed by atoms with Crippen molar-refractivity contribution in [3.8, 4) is 0 Å². The van der Waals surface area contributed by atoms with Crippen molar-refractivity contribution < 1.29 is 0 Å². The minimum atomic E-state index is 0.724. The molecule has 0 saturated carbocycles. The summed E-state index contributed by atoms with van der Waals surface area (Å²) in [6.07, 6.45) is 2.75. The Kier molecular flexibility index (Phi) is 4.07. The van der Waals surface area contributed by atoms with E-state index in [2.05, 4.69) is 26.3 Å². The highest BCUT2D eigenvalue weighted by Gasteiger charge is 2.00. The fraction of sp³-hybridized carbons (Fsp3) is 0.250. The van der Waals surface area contributed by atoms with Crippen LogP contribution in [0, 0.1) is 0 Å². The van der Waals surface area contributed by atoms with Crippen LogP contribution in [0.5, 0.6) is 0 Å². The second-order valence-electron chi connectivity index (χ2n) is 3.75. The van der Waals surface area contributed by atoms with Crippen LogP contribution in [0.4, 0.5) is 5.69 Å². The number of aromatic nitrogens is 2. The molecule has 1 aromatic heterocycles. The molecular weight excluding hydrogens is 302 g/mol. The molecule has 0 spiro atoms. The summed E-state index contributed by atoms with van der Waals surface area (Å²) in [4.78, 5) is 0. The number of anilines is 1. The molecule has 0 aliphatic heterocycles. The molecule has 1 N–H and O–H groups in total. The molecule has 0 aliphatic carbocycles. The maximum Gasteiger partial charge on any atom is 0.0549 e. The lowest BCUT2D eigenvalue weighted by atomic mass is 10.3. The van der Waals surface area contributed by atoms with Crippen molar-refractivity contribution in [2.45, 2.75) is 6.42 Å². The highest BCUT2D eigenvalue weighted by molar-refractivity contribution is 9.10. The van der Waals surface area contributed by atoms with Gasteiger partial charge >= 0.3 is 0 Å². The number of nitrogens with one attached hydrogen (secondary N) is 1. The highest BCUT2D eigenvalue weighted by Crippen LogP contribution is 2.25. The Morgan fingerprint density at radius 1 is 1.41 bits per heavy atom. The molecule has 90 valence electrons. The van der Waals surface area contributed by atoms with Gasteiger partial charge in [0.2, 0.25) is 0 Å². The first-order valence-electron chi connectivity index (χ1n) is 5.32. The molecule has 17 heavy (non-hydrogen) atoms. The SMILES string of the molecule is Cn1nccc1CCNc1ccc(Cl)c(Br)c1. The summed E-state index contributed by atoms with van der Waals surface area (Å²) in [6.45, 7) is 0.869. The van der Waals surface area contributed by atoms with Gasteiger partial charge in [0, 0.05) is 42.1 Å². The molecule has 0 aliphatic rings. The molecule has 0 bridgehead atoms. The molecule has 2 aromatic rings. The van der Waals surface area contributed by atoms with Gasteiger partial charge < -0.3 is 5.32 Å². The molecule has 0 unspecified atom stereocenters. The summed E-state index contributed by atoms with van der Waals surface area (Å²) < 4.78 is 2.80. The molecule has 2 rings (SSSR count). The van der Waals surface area contributed by atoms with Crippen molar-refractivity contribution in [3.63, 3.8) is 0 Å². The van der Waals surface area contributed by atoms with Gasteiger partial charge in [-0.15, -0.1) is 0 Å². The fourth-order valence-corrected chi connectivity index (χ4v) is 2.08. The maximum atomic E-state index is 5.93. The van der Waals surface area contributed by atoms with Crippen LogP contribution in [0.3, 0.4) is 0 Å². The Balaban J connectivity index is 1.90. The van der Waals surface area contributed by atoms with Crippen LogP contribution in [-0.2, 0) is 13.5 Å². The Bertz CT molecular complexity index is 510. The summed E-state index contributed by atoms with van der Waals surface area (Å²) in [5.74, 6) is 0. The maximum absolute atomic E-state index is 5.93. The van der Waals surface area contributed by atoms with E-state index in [1.165, 1.54) is 5.69 Å². The van der Waals surface area contributed by atoms with Crippen molar-refractivity contribution in [2.24, 2.45) is 7.05 Å². The number of aryl methyl sites for hydroxylation is 1. The van der Waals surface area contributed by atoms with E-state index in [4.69, 9.17) is 11.6 Å². The molecule has 3 nitrogen and oxygen atoms in total. The van der Waals surface area contributed by atoms with Crippen LogP contribution in [0.2, 0.25) is 5.02 Å². The number of hydrogen-bond donors (Lipinski definition) is 1. The third kappa shape index (κ3) is 3.23. The normalized spacial score (nSPS) is 10.5. The molecule has 1 aromatic carbocycles. The van der Waals surface area contributed by atoms with Crippen molar-refractivity contribution in [1.29, 1.82) is 0 Å². The van der Waals surface area contributed by atoms with Crippen LogP contribution < -0.4 is 5.32 Å². The number of rotatable bonds is 4. The largest absolute Gasteiger partial charge is 0.385 e. The Hall–Kier alpha value is -1.000. The van der Waals surface area contributed by atoms with Gasteiger partial charge in [0.05, 0.1) is 5.02 Å². The summed E-state index contributed by atoms with van der Waals surface area (Å²) in [5, 5.41) is 8.20. The number of hydrogen-bond acceptors (Lipinski definition) is 2. The van der Waals surface area contributed by atoms with E-state index in [9.17, 15) is 0 Å². The fourth-order valence-electron chi connectivity index (χ4n) is 1.59. The summed E-state index contributed by atoms with van der Waals surface area (Å²) in [7, 11) is 1.95. The molecule has 0 radical (unpaired) electrons. The molecule has 0 saturated heterocycles. The number of nitrogens with zero attached hydrogens (tertiary/aromatic N) is 2. The van der Waals surface area contributed by atoms with E-state index in [0.29, 0.717) is 0 Å². The molecular formula is C12H13BrClN3. The summed E-state index contributed by atoms with van der Waals surface area (Å²) in [5.41, 5.74) is 2.27. The third-order valence-electron chi connectivity index (χ3n) is 2.55. The second-order valence-corrected chi connectivity index (χ2v) is 5.01. The molecule has 5 heteroatoms. The summed E-state index contributed by atoms with van der Waals surface area (Å²) >= 11 is 9.33. The smallest absolute Gasteiger partial charge is 0.0549 e. The monoisotopic (exact) mass is 313 g/mol. The topological polar surface area (TPSA) is 29.9 Å². The molecule has 0 fully saturated rings. The third-order valence-corrected chi connectivity index (χ3v) is 3.77. The van der Waals surface area contributed by atoms with Crippen LogP contribution in [0.25, 0.3) is 0 Å². The summed E-state index contributed by atoms with van der Waals surface area (Å²) in [6, 6.07) is 7.85. The van der Waals surface area contributed by atoms with Gasteiger partial charge in [0.1, 0.15) is 0 Å². The Morgan fingerprint density at radius 2 is 2.24 bits per heavy atom. The Morgan fingerprint density at radius 3 is 2.88 bits per heavy atom. The quantitative estimate of drug-likeness (QED) is 0.936. The van der Waals surface area contributed by atoms with Gasteiger partial charge in [-0.3, -0.25) is 4.68 Å². The average molecular weight is 315 g/mol. The molecule has 0 atom stereocenters. The van der Waals surface area contributed by atoms with Gasteiger partial charge in [0.15, 0.2) is 0 Å². The second kappa shape index (κ2) is 5.56. The average Bonchev–Trinajstić information content (AvgIpc) is 2.70. The minimum Gasteiger partial charge on any atom is -0.385 e. The van der Waals surface area contributed by atoms with Gasteiger partial charge in [0.25, 0.3) is 0 Å². The number of halogens is 2. The first-order valence-corrected chi connectivity index (χ1v) is 6.50. The van der Waals surface area contributed by atoms with Crippen molar-refractivity contribution in [2.75, 3.05) is 11.9 Å². The number of benzene rings is 1. The van der Waals surface area contributed by atoms with E-state index >= 15 is 0 Å². The minimum absolute atomic E-state index is 0.724. The van der Waals surface area contributed by atoms with Crippen LogP contribution in [0.15, 0.2) is 34.9 Å². The van der Waals surface area contributed by atoms with E-state index in [1.807, 2.05) is 42.2 Å². The predicted octanol–water partition coefficient (Wildman–Crippen LogP) is 3.49. The van der Waals surface area contributed by atoms with Crippen LogP contribution in [0.1, 0.15) is 5.69 Å². The lowest BCUT2D eigenvalue weighted by molar-refractivity contribution is 0.711. The van der Waals surface area contributed by atoms with E-state index in [1.54, 1.807) is 0 Å². The predicted molar refractivity (Wildman–Crippen MR) is 74.6 cm³/mol. The lowest BCUT2D eigenvalue weighted by Gasteiger charge is -2.07. The highest BCUT2D eigenvalue weighted by atomic mass is 79.9. The first-order chi connectivity index (χ1) is 8.16. The lowest BCUT2D eigenvalue weighted by Crippen LogP contribution is -2.08. The molecule has 0 amide bonds. The zero-order valence-electron chi connectivity index (χ0n) is 9.45. The van der Waals surface area contributed by atoms with Gasteiger partial charge in [-0.05, 0) is 40.2 Å². The van der Waals surface area contributed by atoms with Crippen LogP contribution in [-0.4, -0.2) is 16.3 Å². The standard InChI is InChI=1S/C12H13BrClN3/c1-17-10(5-7-16-17)4-6-15-9-2-3-12(14)11(13)8-9/h2-3,5,7-8,15H,4,6H2,1H3. The van der Waals surface area contributed by atoms with Crippen molar-refractivity contribution >= 4 is 33.2 Å².